The first-order valence-electron chi connectivity index (χ1n) is 6.75. The van der Waals surface area contributed by atoms with Gasteiger partial charge in [0.05, 0.1) is 7.11 Å². The molecule has 0 aliphatic heterocycles. The van der Waals surface area contributed by atoms with E-state index in [0.717, 1.165) is 18.4 Å². The van der Waals surface area contributed by atoms with Crippen LogP contribution in [0.1, 0.15) is 40.5 Å². The molecule has 2 nitrogen and oxygen atoms in total. The Labute approximate surface area is 116 Å². The summed E-state index contributed by atoms with van der Waals surface area (Å²) in [5.41, 5.74) is 3.76. The first-order chi connectivity index (χ1) is 8.92. The van der Waals surface area contributed by atoms with Crippen molar-refractivity contribution in [1.82, 2.24) is 0 Å². The lowest BCUT2D eigenvalue weighted by Crippen LogP contribution is -2.19. The molecule has 0 fully saturated rings. The number of rotatable bonds is 4. The highest BCUT2D eigenvalue weighted by molar-refractivity contribution is 5.83. The van der Waals surface area contributed by atoms with Crippen molar-refractivity contribution in [2.45, 2.75) is 40.5 Å². The predicted octanol–water partition coefficient (Wildman–Crippen LogP) is 4.35. The maximum atomic E-state index is 11.2. The normalized spacial score (nSPS) is 24.2. The van der Waals surface area contributed by atoms with Gasteiger partial charge in [0.2, 0.25) is 0 Å². The Hall–Kier alpha value is -1.57. The van der Waals surface area contributed by atoms with E-state index in [0.29, 0.717) is 0 Å². The summed E-state index contributed by atoms with van der Waals surface area (Å²) in [6.07, 6.45) is 12.2. The lowest BCUT2D eigenvalue weighted by Gasteiger charge is -2.32. The number of carbonyl (C=O) groups is 1. The molecule has 0 bridgehead atoms. The number of esters is 1. The van der Waals surface area contributed by atoms with Gasteiger partial charge < -0.3 is 4.74 Å². The molecule has 0 radical (unpaired) electrons. The van der Waals surface area contributed by atoms with Gasteiger partial charge in [0.15, 0.2) is 0 Å². The fraction of sp³-hybridized carbons (Fsp3) is 0.471. The molecule has 0 amide bonds. The van der Waals surface area contributed by atoms with Gasteiger partial charge in [0, 0.05) is 6.08 Å². The van der Waals surface area contributed by atoms with E-state index in [9.17, 15) is 4.79 Å². The quantitative estimate of drug-likeness (QED) is 0.426. The molecule has 0 saturated heterocycles. The third-order valence-electron chi connectivity index (χ3n) is 3.85. The van der Waals surface area contributed by atoms with Crippen molar-refractivity contribution >= 4 is 5.97 Å². The molecule has 0 aromatic rings. The molecule has 0 unspecified atom stereocenters. The Kier molecular flexibility index (Phi) is 5.34. The summed E-state index contributed by atoms with van der Waals surface area (Å²) in [6, 6.07) is 0. The van der Waals surface area contributed by atoms with E-state index < -0.39 is 0 Å². The summed E-state index contributed by atoms with van der Waals surface area (Å²) in [5.74, 6) is -0.311. The second-order valence-electron chi connectivity index (χ2n) is 5.36. The maximum Gasteiger partial charge on any atom is 0.330 e. The van der Waals surface area contributed by atoms with Gasteiger partial charge in [-0.05, 0) is 48.8 Å². The molecule has 2 heteroatoms. The molecule has 1 rings (SSSR count). The van der Waals surface area contributed by atoms with Gasteiger partial charge in [-0.15, -0.1) is 0 Å². The van der Waals surface area contributed by atoms with Gasteiger partial charge in [0.25, 0.3) is 0 Å². The maximum absolute atomic E-state index is 11.2. The van der Waals surface area contributed by atoms with Crippen LogP contribution in [0.5, 0.6) is 0 Å². The van der Waals surface area contributed by atoms with Crippen LogP contribution in [0.4, 0.5) is 0 Å². The zero-order valence-electron chi connectivity index (χ0n) is 12.6. The number of hydrogen-bond acceptors (Lipinski definition) is 2. The van der Waals surface area contributed by atoms with Gasteiger partial charge >= 0.3 is 5.97 Å². The highest BCUT2D eigenvalue weighted by atomic mass is 16.5. The number of carbonyl (C=O) groups excluding carboxylic acids is 1. The van der Waals surface area contributed by atoms with Crippen LogP contribution in [0, 0.1) is 5.41 Å². The van der Waals surface area contributed by atoms with Crippen LogP contribution in [-0.2, 0) is 9.53 Å². The molecule has 0 aromatic carbocycles. The van der Waals surface area contributed by atoms with E-state index >= 15 is 0 Å². The molecular weight excluding hydrogens is 236 g/mol. The van der Waals surface area contributed by atoms with Crippen LogP contribution >= 0.6 is 0 Å². The smallest absolute Gasteiger partial charge is 0.330 e. The number of allylic oxidation sites excluding steroid dienone is 7. The van der Waals surface area contributed by atoms with Crippen molar-refractivity contribution in [3.8, 4) is 0 Å². The number of methoxy groups -OCH3 is 1. The van der Waals surface area contributed by atoms with Crippen LogP contribution < -0.4 is 0 Å². The second-order valence-corrected chi connectivity index (χ2v) is 5.36. The summed E-state index contributed by atoms with van der Waals surface area (Å²) in [7, 11) is 1.39. The van der Waals surface area contributed by atoms with Gasteiger partial charge in [-0.1, -0.05) is 38.2 Å². The molecular formula is C17H24O2. The van der Waals surface area contributed by atoms with Crippen LogP contribution in [0.3, 0.4) is 0 Å². The van der Waals surface area contributed by atoms with Crippen LogP contribution in [0.25, 0.3) is 0 Å². The summed E-state index contributed by atoms with van der Waals surface area (Å²) in [4.78, 5) is 11.2. The van der Waals surface area contributed by atoms with Crippen molar-refractivity contribution in [3.05, 3.63) is 47.1 Å². The minimum Gasteiger partial charge on any atom is -0.466 e. The molecule has 0 aromatic heterocycles. The lowest BCUT2D eigenvalue weighted by molar-refractivity contribution is -0.134. The van der Waals surface area contributed by atoms with Crippen LogP contribution in [-0.4, -0.2) is 13.1 Å². The average molecular weight is 260 g/mol. The Morgan fingerprint density at radius 1 is 1.53 bits per heavy atom. The van der Waals surface area contributed by atoms with Crippen LogP contribution in [0.15, 0.2) is 47.1 Å². The van der Waals surface area contributed by atoms with Crippen molar-refractivity contribution in [2.75, 3.05) is 7.11 Å². The standard InChI is InChI=1S/C17H24O2/c1-6-17(4)11-7-8-14(3)15(17)10-9-13(2)12-16(18)19-5/h7-10,12H,6,11H2,1-5H3/b10-9+,13-12+/t17-/m0/s1. The molecule has 1 atom stereocenters. The van der Waals surface area contributed by atoms with Crippen LogP contribution in [0.2, 0.25) is 0 Å². The molecule has 0 heterocycles. The molecule has 0 N–H and O–H groups in total. The average Bonchev–Trinajstić information content (AvgIpc) is 2.38. The molecule has 0 saturated carbocycles. The Balaban J connectivity index is 2.98. The molecule has 0 spiro atoms. The Morgan fingerprint density at radius 3 is 2.79 bits per heavy atom. The first-order valence-corrected chi connectivity index (χ1v) is 6.75. The molecule has 1 aliphatic carbocycles. The van der Waals surface area contributed by atoms with Gasteiger partial charge in [-0.3, -0.25) is 0 Å². The van der Waals surface area contributed by atoms with Gasteiger partial charge in [-0.2, -0.15) is 0 Å². The highest BCUT2D eigenvalue weighted by Crippen LogP contribution is 2.40. The Bertz CT molecular complexity index is 464. The summed E-state index contributed by atoms with van der Waals surface area (Å²) in [5, 5.41) is 0. The van der Waals surface area contributed by atoms with E-state index in [4.69, 9.17) is 0 Å². The first kappa shape index (κ1) is 15.5. The summed E-state index contributed by atoms with van der Waals surface area (Å²) in [6.45, 7) is 8.56. The summed E-state index contributed by atoms with van der Waals surface area (Å²) < 4.78 is 4.62. The number of hydrogen-bond donors (Lipinski definition) is 0. The van der Waals surface area contributed by atoms with E-state index in [1.807, 2.05) is 13.0 Å². The number of ether oxygens (including phenoxy) is 1. The van der Waals surface area contributed by atoms with Crippen molar-refractivity contribution in [1.29, 1.82) is 0 Å². The third kappa shape index (κ3) is 3.95. The predicted molar refractivity (Wildman–Crippen MR) is 79.8 cm³/mol. The fourth-order valence-electron chi connectivity index (χ4n) is 2.35. The van der Waals surface area contributed by atoms with Crippen molar-refractivity contribution in [2.24, 2.45) is 5.41 Å². The van der Waals surface area contributed by atoms with Crippen molar-refractivity contribution < 1.29 is 9.53 Å². The largest absolute Gasteiger partial charge is 0.466 e. The van der Waals surface area contributed by atoms with E-state index in [1.54, 1.807) is 0 Å². The molecule has 19 heavy (non-hydrogen) atoms. The lowest BCUT2D eigenvalue weighted by atomic mass is 9.72. The van der Waals surface area contributed by atoms with Gasteiger partial charge in [0.1, 0.15) is 0 Å². The zero-order chi connectivity index (χ0) is 14.5. The van der Waals surface area contributed by atoms with E-state index in [1.165, 1.54) is 24.3 Å². The fourth-order valence-corrected chi connectivity index (χ4v) is 2.35. The topological polar surface area (TPSA) is 26.3 Å². The second kappa shape index (κ2) is 6.55. The van der Waals surface area contributed by atoms with Crippen molar-refractivity contribution in [3.63, 3.8) is 0 Å². The third-order valence-corrected chi connectivity index (χ3v) is 3.85. The minimum absolute atomic E-state index is 0.195. The van der Waals surface area contributed by atoms with E-state index in [2.05, 4.69) is 43.7 Å². The van der Waals surface area contributed by atoms with Gasteiger partial charge in [-0.25, -0.2) is 4.79 Å². The van der Waals surface area contributed by atoms with E-state index in [-0.39, 0.29) is 11.4 Å². The molecule has 104 valence electrons. The highest BCUT2D eigenvalue weighted by Gasteiger charge is 2.27. The Morgan fingerprint density at radius 2 is 2.21 bits per heavy atom. The molecule has 1 aliphatic rings. The monoisotopic (exact) mass is 260 g/mol. The SMILES string of the molecule is CC[C@@]1(C)CC=CC(C)=C1/C=C/C(C)=C/C(=O)OC. The zero-order valence-corrected chi connectivity index (χ0v) is 12.6. The minimum atomic E-state index is -0.311. The summed E-state index contributed by atoms with van der Waals surface area (Å²) >= 11 is 0.